The number of halogens is 3. The molecule has 128 valence electrons. The molecule has 0 fully saturated rings. The maximum atomic E-state index is 13.4. The molecular weight excluding hydrogens is 351 g/mol. The van der Waals surface area contributed by atoms with E-state index in [4.69, 9.17) is 0 Å². The van der Waals surface area contributed by atoms with Crippen LogP contribution < -0.4 is 10.2 Å². The molecule has 1 N–H and O–H groups in total. The number of anilines is 1. The summed E-state index contributed by atoms with van der Waals surface area (Å²) in [4.78, 5) is 4.38. The zero-order chi connectivity index (χ0) is 17.6. The predicted molar refractivity (Wildman–Crippen MR) is 91.8 cm³/mol. The van der Waals surface area contributed by atoms with Crippen LogP contribution in [-0.4, -0.2) is 17.8 Å². The van der Waals surface area contributed by atoms with E-state index in [2.05, 4.69) is 20.2 Å². The fourth-order valence-electron chi connectivity index (χ4n) is 2.06. The number of hydrazone groups is 1. The van der Waals surface area contributed by atoms with Crippen LogP contribution in [0.3, 0.4) is 0 Å². The highest BCUT2D eigenvalue weighted by Crippen LogP contribution is 2.24. The lowest BCUT2D eigenvalue weighted by atomic mass is 10.2. The molecule has 0 radical (unpaired) electrons. The van der Waals surface area contributed by atoms with Gasteiger partial charge in [-0.15, -0.1) is 11.3 Å². The molecule has 0 atom stereocenters. The van der Waals surface area contributed by atoms with Gasteiger partial charge < -0.3 is 4.74 Å². The third-order valence-corrected chi connectivity index (χ3v) is 3.81. The maximum absolute atomic E-state index is 13.4. The lowest BCUT2D eigenvalue weighted by Gasteiger charge is -2.05. The molecule has 0 unspecified atom stereocenters. The summed E-state index contributed by atoms with van der Waals surface area (Å²) in [6.45, 7) is -3.02. The van der Waals surface area contributed by atoms with Crippen molar-refractivity contribution >= 4 is 22.7 Å². The minimum absolute atomic E-state index is 0.267. The van der Waals surface area contributed by atoms with Crippen molar-refractivity contribution in [1.29, 1.82) is 0 Å². The zero-order valence-corrected chi connectivity index (χ0v) is 13.5. The molecule has 0 amide bonds. The lowest BCUT2D eigenvalue weighted by Crippen LogP contribution is -2.02. The summed E-state index contributed by atoms with van der Waals surface area (Å²) in [6.07, 6.45) is 1.30. The topological polar surface area (TPSA) is 46.5 Å². The highest BCUT2D eigenvalue weighted by atomic mass is 32.1. The Balaban J connectivity index is 1.67. The van der Waals surface area contributed by atoms with E-state index in [-0.39, 0.29) is 11.3 Å². The molecule has 0 spiro atoms. The first-order valence-corrected chi connectivity index (χ1v) is 8.03. The van der Waals surface area contributed by atoms with Crippen LogP contribution in [-0.2, 0) is 0 Å². The number of alkyl halides is 2. The second-order valence-electron chi connectivity index (χ2n) is 4.87. The van der Waals surface area contributed by atoms with E-state index >= 15 is 0 Å². The lowest BCUT2D eigenvalue weighted by molar-refractivity contribution is -0.0499. The van der Waals surface area contributed by atoms with E-state index in [1.165, 1.54) is 23.6 Å². The third kappa shape index (κ3) is 4.80. The first-order chi connectivity index (χ1) is 12.1. The first kappa shape index (κ1) is 17.0. The Bertz CT molecular complexity index is 869. The van der Waals surface area contributed by atoms with Gasteiger partial charge in [0.15, 0.2) is 0 Å². The minimum Gasteiger partial charge on any atom is -0.435 e. The van der Waals surface area contributed by atoms with Crippen LogP contribution in [0.2, 0.25) is 0 Å². The van der Waals surface area contributed by atoms with Gasteiger partial charge in [0, 0.05) is 22.6 Å². The Morgan fingerprint density at radius 2 is 1.96 bits per heavy atom. The number of rotatable bonds is 6. The molecule has 1 aromatic heterocycles. The van der Waals surface area contributed by atoms with Gasteiger partial charge in [0.2, 0.25) is 5.13 Å². The minimum atomic E-state index is -3.02. The highest BCUT2D eigenvalue weighted by molar-refractivity contribution is 7.14. The number of aromatic nitrogens is 1. The normalized spacial score (nSPS) is 11.2. The number of hydrogen-bond donors (Lipinski definition) is 1. The number of nitrogens with zero attached hydrogens (tertiary/aromatic N) is 2. The quantitative estimate of drug-likeness (QED) is 0.495. The van der Waals surface area contributed by atoms with Gasteiger partial charge in [-0.2, -0.15) is 13.9 Å². The summed E-state index contributed by atoms with van der Waals surface area (Å²) >= 11 is 1.36. The molecule has 25 heavy (non-hydrogen) atoms. The van der Waals surface area contributed by atoms with Gasteiger partial charge in [-0.3, -0.25) is 5.43 Å². The Kier molecular flexibility index (Phi) is 5.30. The molecule has 0 aliphatic carbocycles. The summed E-state index contributed by atoms with van der Waals surface area (Å²) in [5.41, 5.74) is 4.80. The Labute approximate surface area is 145 Å². The van der Waals surface area contributed by atoms with Crippen molar-refractivity contribution in [3.8, 4) is 17.0 Å². The SMILES string of the molecule is Fc1cc(C=NNc2nc(-c3ccccc3)cs2)cc(OC(F)F)c1. The van der Waals surface area contributed by atoms with Crippen molar-refractivity contribution in [2.75, 3.05) is 5.43 Å². The Morgan fingerprint density at radius 3 is 2.72 bits per heavy atom. The number of hydrogen-bond acceptors (Lipinski definition) is 5. The van der Waals surface area contributed by atoms with Crippen molar-refractivity contribution in [1.82, 2.24) is 4.98 Å². The number of nitrogens with one attached hydrogen (secondary N) is 1. The molecule has 0 bridgehead atoms. The molecule has 1 heterocycles. The van der Waals surface area contributed by atoms with Crippen LogP contribution in [0.25, 0.3) is 11.3 Å². The van der Waals surface area contributed by atoms with Crippen molar-refractivity contribution < 1.29 is 17.9 Å². The smallest absolute Gasteiger partial charge is 0.387 e. The molecule has 0 saturated heterocycles. The summed E-state index contributed by atoms with van der Waals surface area (Å²) < 4.78 is 42.0. The fourth-order valence-corrected chi connectivity index (χ4v) is 2.73. The summed E-state index contributed by atoms with van der Waals surface area (Å²) in [5, 5.41) is 6.37. The molecule has 3 aromatic rings. The molecule has 0 saturated carbocycles. The van der Waals surface area contributed by atoms with E-state index in [1.54, 1.807) is 0 Å². The van der Waals surface area contributed by atoms with Gasteiger partial charge in [-0.1, -0.05) is 30.3 Å². The molecular formula is C17H12F3N3OS. The Hall–Kier alpha value is -2.87. The van der Waals surface area contributed by atoms with Gasteiger partial charge in [-0.25, -0.2) is 9.37 Å². The summed E-state index contributed by atoms with van der Waals surface area (Å²) in [6, 6.07) is 12.9. The van der Waals surface area contributed by atoms with E-state index in [0.29, 0.717) is 5.13 Å². The van der Waals surface area contributed by atoms with Crippen molar-refractivity contribution in [3.63, 3.8) is 0 Å². The van der Waals surface area contributed by atoms with Crippen LogP contribution in [0.4, 0.5) is 18.3 Å². The van der Waals surface area contributed by atoms with Gasteiger partial charge >= 0.3 is 6.61 Å². The first-order valence-electron chi connectivity index (χ1n) is 7.15. The molecule has 4 nitrogen and oxygen atoms in total. The number of thiazole rings is 1. The van der Waals surface area contributed by atoms with E-state index < -0.39 is 12.4 Å². The van der Waals surface area contributed by atoms with E-state index in [9.17, 15) is 13.2 Å². The second kappa shape index (κ2) is 7.80. The molecule has 0 aliphatic heterocycles. The zero-order valence-electron chi connectivity index (χ0n) is 12.7. The average Bonchev–Trinajstić information content (AvgIpc) is 3.03. The van der Waals surface area contributed by atoms with Crippen molar-refractivity contribution in [2.24, 2.45) is 5.10 Å². The van der Waals surface area contributed by atoms with Crippen molar-refractivity contribution in [3.05, 3.63) is 65.3 Å². The second-order valence-corrected chi connectivity index (χ2v) is 5.73. The monoisotopic (exact) mass is 363 g/mol. The van der Waals surface area contributed by atoms with Crippen LogP contribution in [0.1, 0.15) is 5.56 Å². The largest absolute Gasteiger partial charge is 0.435 e. The summed E-state index contributed by atoms with van der Waals surface area (Å²) in [7, 11) is 0. The van der Waals surface area contributed by atoms with E-state index in [1.807, 2.05) is 35.7 Å². The molecule has 0 aliphatic rings. The van der Waals surface area contributed by atoms with Gasteiger partial charge in [0.25, 0.3) is 0 Å². The number of benzene rings is 2. The van der Waals surface area contributed by atoms with E-state index in [0.717, 1.165) is 23.4 Å². The molecule has 8 heteroatoms. The van der Waals surface area contributed by atoms with Crippen LogP contribution in [0, 0.1) is 5.82 Å². The molecule has 2 aromatic carbocycles. The standard InChI is InChI=1S/C17H12F3N3OS/c18-13-6-11(7-14(8-13)24-16(19)20)9-21-23-17-22-15(10-25-17)12-4-2-1-3-5-12/h1-10,16H,(H,22,23). The van der Waals surface area contributed by atoms with Gasteiger partial charge in [0.05, 0.1) is 11.9 Å². The fraction of sp³-hybridized carbons (Fsp3) is 0.0588. The van der Waals surface area contributed by atoms with Gasteiger partial charge in [0.1, 0.15) is 11.6 Å². The van der Waals surface area contributed by atoms with Gasteiger partial charge in [-0.05, 0) is 12.1 Å². The number of ether oxygens (including phenoxy) is 1. The van der Waals surface area contributed by atoms with Crippen LogP contribution in [0.15, 0.2) is 59.0 Å². The van der Waals surface area contributed by atoms with Crippen LogP contribution in [0.5, 0.6) is 5.75 Å². The molecule has 3 rings (SSSR count). The Morgan fingerprint density at radius 1 is 1.16 bits per heavy atom. The average molecular weight is 363 g/mol. The predicted octanol–water partition coefficient (Wildman–Crippen LogP) is 5.00. The van der Waals surface area contributed by atoms with Crippen molar-refractivity contribution in [2.45, 2.75) is 6.61 Å². The third-order valence-electron chi connectivity index (χ3n) is 3.07. The van der Waals surface area contributed by atoms with Crippen LogP contribution >= 0.6 is 11.3 Å². The maximum Gasteiger partial charge on any atom is 0.387 e. The highest BCUT2D eigenvalue weighted by Gasteiger charge is 2.07. The summed E-state index contributed by atoms with van der Waals surface area (Å²) in [5.74, 6) is -0.961.